The molecule has 0 bridgehead atoms. The van der Waals surface area contributed by atoms with Crippen LogP contribution < -0.4 is 0 Å². The Morgan fingerprint density at radius 3 is 0.850 bits per heavy atom. The Bertz CT molecular complexity index is 2370. The van der Waals surface area contributed by atoms with Crippen LogP contribution in [0.5, 0.6) is 0 Å². The van der Waals surface area contributed by atoms with Crippen molar-refractivity contribution >= 4 is 39.5 Å². The van der Waals surface area contributed by atoms with Crippen LogP contribution in [0, 0.1) is 0 Å². The van der Waals surface area contributed by atoms with Gasteiger partial charge in [0.2, 0.25) is 0 Å². The number of phosphoric acid groups is 2. The van der Waals surface area contributed by atoms with Gasteiger partial charge in [-0.15, -0.1) is 0 Å². The Labute approximate surface area is 606 Å². The molecule has 0 rings (SSSR count). The minimum Gasteiger partial charge on any atom is -0.462 e. The van der Waals surface area contributed by atoms with Crippen LogP contribution in [0.15, 0.2) is 122 Å². The molecule has 17 nitrogen and oxygen atoms in total. The molecular weight excluding hydrogens is 1310 g/mol. The number of phosphoric ester groups is 2. The smallest absolute Gasteiger partial charge is 0.462 e. The first-order valence-corrected chi connectivity index (χ1v) is 41.8. The number of allylic oxidation sites excluding steroid dienone is 20. The first kappa shape index (κ1) is 95.5. The minimum atomic E-state index is -4.99. The Kier molecular flexibility index (Phi) is 69.5. The molecule has 0 fully saturated rings. The van der Waals surface area contributed by atoms with E-state index in [1.165, 1.54) is 77.0 Å². The van der Waals surface area contributed by atoms with Crippen LogP contribution in [0.2, 0.25) is 0 Å². The summed E-state index contributed by atoms with van der Waals surface area (Å²) in [7, 11) is -9.97. The monoisotopic (exact) mass is 1440 g/mol. The number of hydrogen-bond acceptors (Lipinski definition) is 15. The number of aliphatic hydroxyl groups is 1. The molecule has 100 heavy (non-hydrogen) atoms. The lowest BCUT2D eigenvalue weighted by Crippen LogP contribution is -2.30. The van der Waals surface area contributed by atoms with Gasteiger partial charge >= 0.3 is 39.5 Å². The van der Waals surface area contributed by atoms with Crippen molar-refractivity contribution in [2.24, 2.45) is 0 Å². The zero-order valence-corrected chi connectivity index (χ0v) is 64.4. The van der Waals surface area contributed by atoms with Gasteiger partial charge < -0.3 is 33.8 Å². The van der Waals surface area contributed by atoms with Crippen molar-refractivity contribution in [3.63, 3.8) is 0 Å². The molecule has 0 saturated heterocycles. The van der Waals surface area contributed by atoms with Crippen molar-refractivity contribution in [1.29, 1.82) is 0 Å². The molecule has 0 spiro atoms. The molecule has 5 unspecified atom stereocenters. The normalized spacial score (nSPS) is 14.6. The highest BCUT2D eigenvalue weighted by Crippen LogP contribution is 2.45. The SMILES string of the molecule is CC/C=C\C/C=C\C/C=C\C/C=C\C/C=C\CCCC(=O)OCC(COP(=O)(O)OCC(O)COP(=O)(O)OCC(COC(=O)CCCCCC/C=C\C/C=C\C/C=C\C/C=C\CC)OC(=O)CCCCCCCCCCCCC)OC(=O)CCCCCCC/C=C\CCCCCCCC. The van der Waals surface area contributed by atoms with Crippen LogP contribution in [-0.4, -0.2) is 96.7 Å². The highest BCUT2D eigenvalue weighted by molar-refractivity contribution is 7.47. The van der Waals surface area contributed by atoms with Crippen LogP contribution in [0.3, 0.4) is 0 Å². The van der Waals surface area contributed by atoms with Crippen molar-refractivity contribution in [1.82, 2.24) is 0 Å². The fraction of sp³-hybridized carbons (Fsp3) is 0.704. The maximum absolute atomic E-state index is 13.1. The van der Waals surface area contributed by atoms with Crippen molar-refractivity contribution in [2.45, 2.75) is 329 Å². The van der Waals surface area contributed by atoms with Gasteiger partial charge in [-0.1, -0.05) is 278 Å². The zero-order valence-electron chi connectivity index (χ0n) is 62.6. The number of rotatable bonds is 72. The summed E-state index contributed by atoms with van der Waals surface area (Å²) in [5, 5.41) is 10.6. The van der Waals surface area contributed by atoms with E-state index in [4.69, 9.17) is 37.0 Å². The summed E-state index contributed by atoms with van der Waals surface area (Å²) in [6.45, 7) is 4.54. The molecule has 0 aliphatic carbocycles. The average Bonchev–Trinajstić information content (AvgIpc) is 1.02. The molecule has 0 aliphatic heterocycles. The molecule has 0 aromatic heterocycles. The Hall–Kier alpha value is -4.54. The van der Waals surface area contributed by atoms with E-state index in [-0.39, 0.29) is 25.7 Å². The van der Waals surface area contributed by atoms with Crippen molar-refractivity contribution in [3.05, 3.63) is 122 Å². The first-order valence-electron chi connectivity index (χ1n) is 38.8. The summed E-state index contributed by atoms with van der Waals surface area (Å²) in [6.07, 6.45) is 79.1. The summed E-state index contributed by atoms with van der Waals surface area (Å²) in [4.78, 5) is 72.8. The lowest BCUT2D eigenvalue weighted by Gasteiger charge is -2.21. The highest BCUT2D eigenvalue weighted by Gasteiger charge is 2.30. The second kappa shape index (κ2) is 72.8. The molecule has 0 aromatic carbocycles. The Morgan fingerprint density at radius 2 is 0.530 bits per heavy atom. The van der Waals surface area contributed by atoms with Gasteiger partial charge in [0.1, 0.15) is 19.3 Å². The fourth-order valence-electron chi connectivity index (χ4n) is 10.1. The van der Waals surface area contributed by atoms with E-state index in [1.54, 1.807) is 0 Å². The maximum atomic E-state index is 13.1. The molecule has 0 aromatic rings. The van der Waals surface area contributed by atoms with Crippen molar-refractivity contribution < 1.29 is 80.2 Å². The molecular formula is C81H138O17P2. The predicted molar refractivity (Wildman–Crippen MR) is 408 cm³/mol. The third-order valence-corrected chi connectivity index (χ3v) is 17.8. The quantitative estimate of drug-likeness (QED) is 0.0169. The molecule has 0 saturated carbocycles. The minimum absolute atomic E-state index is 0.0712. The van der Waals surface area contributed by atoms with Crippen LogP contribution in [-0.2, 0) is 65.4 Å². The van der Waals surface area contributed by atoms with Crippen LogP contribution >= 0.6 is 15.6 Å². The predicted octanol–water partition coefficient (Wildman–Crippen LogP) is 22.3. The van der Waals surface area contributed by atoms with Crippen LogP contribution in [0.4, 0.5) is 0 Å². The van der Waals surface area contributed by atoms with E-state index in [0.29, 0.717) is 32.1 Å². The van der Waals surface area contributed by atoms with Crippen molar-refractivity contribution in [2.75, 3.05) is 39.6 Å². The number of unbranched alkanes of at least 4 members (excludes halogenated alkanes) is 26. The molecule has 3 N–H and O–H groups in total. The number of aliphatic hydroxyl groups excluding tert-OH is 1. The topological polar surface area (TPSA) is 237 Å². The van der Waals surface area contributed by atoms with E-state index < -0.39 is 97.5 Å². The van der Waals surface area contributed by atoms with Gasteiger partial charge in [0.25, 0.3) is 0 Å². The second-order valence-electron chi connectivity index (χ2n) is 25.5. The van der Waals surface area contributed by atoms with Gasteiger partial charge in [-0.05, 0) is 128 Å². The lowest BCUT2D eigenvalue weighted by atomic mass is 10.1. The average molecular weight is 1450 g/mol. The largest absolute Gasteiger partial charge is 0.472 e. The Balaban J connectivity index is 5.40. The first-order chi connectivity index (χ1) is 48.7. The molecule has 5 atom stereocenters. The molecule has 574 valence electrons. The van der Waals surface area contributed by atoms with Gasteiger partial charge in [0.15, 0.2) is 12.2 Å². The highest BCUT2D eigenvalue weighted by atomic mass is 31.2. The Morgan fingerprint density at radius 1 is 0.290 bits per heavy atom. The van der Waals surface area contributed by atoms with Crippen LogP contribution in [0.25, 0.3) is 0 Å². The maximum Gasteiger partial charge on any atom is 0.472 e. The lowest BCUT2D eigenvalue weighted by molar-refractivity contribution is -0.161. The summed E-state index contributed by atoms with van der Waals surface area (Å²) in [5.41, 5.74) is 0. The van der Waals surface area contributed by atoms with Crippen molar-refractivity contribution in [3.8, 4) is 0 Å². The molecule has 0 radical (unpaired) electrons. The summed E-state index contributed by atoms with van der Waals surface area (Å²) < 4.78 is 68.4. The third kappa shape index (κ3) is 71.8. The summed E-state index contributed by atoms with van der Waals surface area (Å²) >= 11 is 0. The van der Waals surface area contributed by atoms with E-state index in [0.717, 1.165) is 148 Å². The number of carbonyl (C=O) groups is 4. The van der Waals surface area contributed by atoms with Gasteiger partial charge in [-0.25, -0.2) is 9.13 Å². The third-order valence-electron chi connectivity index (χ3n) is 15.9. The van der Waals surface area contributed by atoms with Crippen LogP contribution in [0.1, 0.15) is 310 Å². The van der Waals surface area contributed by atoms with E-state index in [1.807, 2.05) is 12.2 Å². The van der Waals surface area contributed by atoms with Gasteiger partial charge in [-0.3, -0.25) is 37.3 Å². The van der Waals surface area contributed by atoms with E-state index >= 15 is 0 Å². The number of ether oxygens (including phenoxy) is 4. The van der Waals surface area contributed by atoms with Gasteiger partial charge in [0, 0.05) is 25.7 Å². The van der Waals surface area contributed by atoms with E-state index in [9.17, 15) is 43.2 Å². The zero-order chi connectivity index (χ0) is 73.2. The summed E-state index contributed by atoms with van der Waals surface area (Å²) in [6, 6.07) is 0. The van der Waals surface area contributed by atoms with Gasteiger partial charge in [-0.2, -0.15) is 0 Å². The van der Waals surface area contributed by atoms with E-state index in [2.05, 4.69) is 137 Å². The van der Waals surface area contributed by atoms with Gasteiger partial charge in [0.05, 0.1) is 26.4 Å². The standard InChI is InChI=1S/C81H138O17P2/c1-5-9-13-17-21-25-29-32-35-37-40-42-46-49-53-57-61-65-78(83)91-71-76(97-80(85)67-63-59-55-51-45-28-24-20-16-12-8-4)73-95-99(87,88)93-69-75(82)70-94-100(89,90)96-74-77(98-81(86)68-64-60-56-52-48-44-39-34-31-27-23-19-15-11-7-3)72-92-79(84)66-62-58-54-50-47-43-41-38-36-33-30-26-22-18-14-10-6-2/h9-10,13-14,21-22,25-26,32-36,39-43,50,54,75-77,82H,5-8,11-12,15-20,23-24,27-31,37-38,44-49,51-53,55-74H2,1-4H3,(H,87,88)(H,89,90)/b13-9-,14-10-,25-21-,26-22-,35-32-,36-33-,39-34-,42-40-,43-41-,54-50-. The number of carbonyl (C=O) groups excluding carboxylic acids is 4. The fourth-order valence-corrected chi connectivity index (χ4v) is 11.6. The molecule has 0 aliphatic rings. The molecule has 0 heterocycles. The number of esters is 4. The molecule has 19 heteroatoms. The summed E-state index contributed by atoms with van der Waals surface area (Å²) in [5.74, 6) is -2.27. The second-order valence-corrected chi connectivity index (χ2v) is 28.4. The molecule has 0 amide bonds. The number of hydrogen-bond donors (Lipinski definition) is 3.